The van der Waals surface area contributed by atoms with Gasteiger partial charge in [-0.25, -0.2) is 0 Å². The van der Waals surface area contributed by atoms with Crippen molar-refractivity contribution in [2.45, 2.75) is 38.6 Å². The van der Waals surface area contributed by atoms with Gasteiger partial charge < -0.3 is 5.32 Å². The van der Waals surface area contributed by atoms with Gasteiger partial charge in [-0.15, -0.1) is 0 Å². The molecule has 2 heteroatoms. The third-order valence-corrected chi connectivity index (χ3v) is 2.72. The first kappa shape index (κ1) is 7.14. The third-order valence-electron chi connectivity index (χ3n) is 2.72. The lowest BCUT2D eigenvalue weighted by Gasteiger charge is -2.32. The molecular weight excluding hydrogens is 136 g/mol. The fourth-order valence-corrected chi connectivity index (χ4v) is 2.02. The number of rotatable bonds is 0. The number of amidine groups is 1. The van der Waals surface area contributed by atoms with E-state index < -0.39 is 0 Å². The van der Waals surface area contributed by atoms with Gasteiger partial charge in [0.15, 0.2) is 0 Å². The molecule has 1 fully saturated rings. The molecular formula is C9H16N2. The summed E-state index contributed by atoms with van der Waals surface area (Å²) >= 11 is 0. The Bertz CT molecular complexity index is 174. The van der Waals surface area contributed by atoms with E-state index in [0.29, 0.717) is 6.04 Å². The fourth-order valence-electron chi connectivity index (χ4n) is 2.02. The zero-order valence-corrected chi connectivity index (χ0v) is 7.14. The van der Waals surface area contributed by atoms with E-state index in [2.05, 4.69) is 17.2 Å². The Morgan fingerprint density at radius 3 is 3.18 bits per heavy atom. The highest BCUT2D eigenvalue weighted by molar-refractivity contribution is 5.86. The summed E-state index contributed by atoms with van der Waals surface area (Å²) in [5.74, 6) is 2.08. The average molecular weight is 152 g/mol. The van der Waals surface area contributed by atoms with Gasteiger partial charge in [0, 0.05) is 18.5 Å². The van der Waals surface area contributed by atoms with Crippen molar-refractivity contribution < 1.29 is 0 Å². The molecule has 0 aliphatic carbocycles. The molecule has 1 saturated heterocycles. The number of aliphatic imine (C=N–C) groups is 1. The largest absolute Gasteiger partial charge is 0.371 e. The van der Waals surface area contributed by atoms with E-state index in [1.165, 1.54) is 31.5 Å². The van der Waals surface area contributed by atoms with E-state index in [9.17, 15) is 0 Å². The zero-order valence-electron chi connectivity index (χ0n) is 7.14. The molecule has 2 rings (SSSR count). The molecule has 1 N–H and O–H groups in total. The highest BCUT2D eigenvalue weighted by atomic mass is 15.0. The Morgan fingerprint density at radius 1 is 1.36 bits per heavy atom. The summed E-state index contributed by atoms with van der Waals surface area (Å²) in [5, 5.41) is 3.47. The van der Waals surface area contributed by atoms with Crippen molar-refractivity contribution >= 4 is 5.84 Å². The Labute approximate surface area is 68.1 Å². The third kappa shape index (κ3) is 1.39. The number of hydrogen-bond donors (Lipinski definition) is 1. The molecule has 2 heterocycles. The quantitative estimate of drug-likeness (QED) is 0.559. The summed E-state index contributed by atoms with van der Waals surface area (Å²) in [6.45, 7) is 3.29. The topological polar surface area (TPSA) is 24.4 Å². The van der Waals surface area contributed by atoms with Crippen molar-refractivity contribution in [3.63, 3.8) is 0 Å². The van der Waals surface area contributed by atoms with Gasteiger partial charge in [-0.2, -0.15) is 0 Å². The first-order valence-corrected chi connectivity index (χ1v) is 4.67. The zero-order chi connectivity index (χ0) is 7.68. The maximum Gasteiger partial charge on any atom is 0.0996 e. The first-order valence-electron chi connectivity index (χ1n) is 4.67. The molecule has 0 aromatic rings. The SMILES string of the molecule is CC1CCC2CCCN=C2N1. The lowest BCUT2D eigenvalue weighted by molar-refractivity contribution is 0.415. The van der Waals surface area contributed by atoms with Crippen LogP contribution < -0.4 is 5.32 Å². The molecule has 11 heavy (non-hydrogen) atoms. The highest BCUT2D eigenvalue weighted by Gasteiger charge is 2.25. The van der Waals surface area contributed by atoms with Crippen LogP contribution in [0.4, 0.5) is 0 Å². The molecule has 2 nitrogen and oxygen atoms in total. The Balaban J connectivity index is 2.07. The summed E-state index contributed by atoms with van der Waals surface area (Å²) in [7, 11) is 0. The van der Waals surface area contributed by atoms with Crippen molar-refractivity contribution in [3.8, 4) is 0 Å². The Hall–Kier alpha value is -0.530. The molecule has 0 spiro atoms. The lowest BCUT2D eigenvalue weighted by atomic mass is 9.89. The second-order valence-corrected chi connectivity index (χ2v) is 3.73. The predicted molar refractivity (Wildman–Crippen MR) is 46.9 cm³/mol. The van der Waals surface area contributed by atoms with Crippen molar-refractivity contribution in [2.75, 3.05) is 6.54 Å². The van der Waals surface area contributed by atoms with Gasteiger partial charge >= 0.3 is 0 Å². The summed E-state index contributed by atoms with van der Waals surface area (Å²) in [6.07, 6.45) is 5.33. The molecule has 62 valence electrons. The smallest absolute Gasteiger partial charge is 0.0996 e. The van der Waals surface area contributed by atoms with Gasteiger partial charge in [0.05, 0.1) is 5.84 Å². The normalized spacial score (nSPS) is 37.0. The van der Waals surface area contributed by atoms with Gasteiger partial charge in [0.1, 0.15) is 0 Å². The van der Waals surface area contributed by atoms with Gasteiger partial charge in [0.2, 0.25) is 0 Å². The molecule has 2 aliphatic heterocycles. The highest BCUT2D eigenvalue weighted by Crippen LogP contribution is 2.23. The summed E-state index contributed by atoms with van der Waals surface area (Å²) in [4.78, 5) is 4.51. The van der Waals surface area contributed by atoms with Gasteiger partial charge in [-0.3, -0.25) is 4.99 Å². The van der Waals surface area contributed by atoms with Crippen LogP contribution in [0.3, 0.4) is 0 Å². The first-order chi connectivity index (χ1) is 5.36. The number of nitrogens with zero attached hydrogens (tertiary/aromatic N) is 1. The van der Waals surface area contributed by atoms with E-state index in [0.717, 1.165) is 12.5 Å². The van der Waals surface area contributed by atoms with Crippen LogP contribution in [0, 0.1) is 5.92 Å². The molecule has 0 saturated carbocycles. The number of nitrogens with one attached hydrogen (secondary N) is 1. The average Bonchev–Trinajstić information content (AvgIpc) is 2.04. The summed E-state index contributed by atoms with van der Waals surface area (Å²) < 4.78 is 0. The maximum atomic E-state index is 4.51. The number of piperidine rings is 1. The second-order valence-electron chi connectivity index (χ2n) is 3.73. The summed E-state index contributed by atoms with van der Waals surface area (Å²) in [5.41, 5.74) is 0. The van der Waals surface area contributed by atoms with Crippen LogP contribution in [0.15, 0.2) is 4.99 Å². The minimum absolute atomic E-state index is 0.656. The molecule has 2 atom stereocenters. The molecule has 2 unspecified atom stereocenters. The van der Waals surface area contributed by atoms with Crippen LogP contribution in [-0.2, 0) is 0 Å². The minimum Gasteiger partial charge on any atom is -0.371 e. The van der Waals surface area contributed by atoms with Crippen molar-refractivity contribution in [3.05, 3.63) is 0 Å². The van der Waals surface area contributed by atoms with Crippen LogP contribution in [-0.4, -0.2) is 18.4 Å². The summed E-state index contributed by atoms with van der Waals surface area (Å²) in [6, 6.07) is 0.656. The standard InChI is InChI=1S/C9H16N2/c1-7-4-5-8-3-2-6-10-9(8)11-7/h7-8H,2-6H2,1H3,(H,10,11). The Morgan fingerprint density at radius 2 is 2.27 bits per heavy atom. The van der Waals surface area contributed by atoms with Gasteiger partial charge in [0.25, 0.3) is 0 Å². The van der Waals surface area contributed by atoms with Crippen molar-refractivity contribution in [2.24, 2.45) is 10.9 Å². The van der Waals surface area contributed by atoms with E-state index >= 15 is 0 Å². The Kier molecular flexibility index (Phi) is 1.84. The minimum atomic E-state index is 0.656. The van der Waals surface area contributed by atoms with Gasteiger partial charge in [-0.1, -0.05) is 0 Å². The van der Waals surface area contributed by atoms with Crippen molar-refractivity contribution in [1.82, 2.24) is 5.32 Å². The van der Waals surface area contributed by atoms with E-state index in [4.69, 9.17) is 0 Å². The van der Waals surface area contributed by atoms with Crippen LogP contribution in [0.25, 0.3) is 0 Å². The van der Waals surface area contributed by atoms with Gasteiger partial charge in [-0.05, 0) is 32.6 Å². The van der Waals surface area contributed by atoms with E-state index in [-0.39, 0.29) is 0 Å². The van der Waals surface area contributed by atoms with E-state index in [1.807, 2.05) is 0 Å². The lowest BCUT2D eigenvalue weighted by Crippen LogP contribution is -2.44. The van der Waals surface area contributed by atoms with Crippen molar-refractivity contribution in [1.29, 1.82) is 0 Å². The number of hydrogen-bond acceptors (Lipinski definition) is 2. The van der Waals surface area contributed by atoms with E-state index in [1.54, 1.807) is 0 Å². The molecule has 0 aromatic carbocycles. The molecule has 0 amide bonds. The van der Waals surface area contributed by atoms with Crippen LogP contribution in [0.1, 0.15) is 32.6 Å². The molecule has 0 bridgehead atoms. The second kappa shape index (κ2) is 2.84. The predicted octanol–water partition coefficient (Wildman–Crippen LogP) is 1.57. The monoisotopic (exact) mass is 152 g/mol. The number of fused-ring (bicyclic) bond motifs is 1. The maximum absolute atomic E-state index is 4.51. The fraction of sp³-hybridized carbons (Fsp3) is 0.889. The van der Waals surface area contributed by atoms with Crippen LogP contribution in [0.2, 0.25) is 0 Å². The van der Waals surface area contributed by atoms with Crippen LogP contribution >= 0.6 is 0 Å². The molecule has 0 radical (unpaired) electrons. The molecule has 0 aromatic heterocycles. The molecule has 2 aliphatic rings. The van der Waals surface area contributed by atoms with Crippen LogP contribution in [0.5, 0.6) is 0 Å².